The van der Waals surface area contributed by atoms with E-state index in [1.807, 2.05) is 37.3 Å². The predicted molar refractivity (Wildman–Crippen MR) is 111 cm³/mol. The molecule has 1 aromatic carbocycles. The molecule has 0 radical (unpaired) electrons. The molecule has 1 amide bonds. The average Bonchev–Trinajstić information content (AvgIpc) is 3.48. The van der Waals surface area contributed by atoms with Gasteiger partial charge in [0.25, 0.3) is 5.56 Å². The number of amides is 1. The zero-order chi connectivity index (χ0) is 19.9. The minimum atomic E-state index is -0.508. The van der Waals surface area contributed by atoms with Crippen molar-refractivity contribution in [3.63, 3.8) is 0 Å². The van der Waals surface area contributed by atoms with E-state index in [0.717, 1.165) is 35.2 Å². The van der Waals surface area contributed by atoms with Crippen LogP contribution in [0.2, 0.25) is 5.02 Å². The van der Waals surface area contributed by atoms with Crippen molar-refractivity contribution in [3.8, 4) is 11.3 Å². The maximum Gasteiger partial charge on any atom is 0.250 e. The van der Waals surface area contributed by atoms with Crippen LogP contribution in [-0.2, 0) is 10.2 Å². The highest BCUT2D eigenvalue weighted by Crippen LogP contribution is 2.49. The van der Waals surface area contributed by atoms with Crippen molar-refractivity contribution in [3.05, 3.63) is 80.7 Å². The molecule has 5 nitrogen and oxygen atoms in total. The number of benzene rings is 1. The summed E-state index contributed by atoms with van der Waals surface area (Å²) in [5.41, 5.74) is 3.46. The van der Waals surface area contributed by atoms with Crippen molar-refractivity contribution < 1.29 is 4.79 Å². The van der Waals surface area contributed by atoms with Gasteiger partial charge in [-0.1, -0.05) is 29.8 Å². The number of hydrogen-bond acceptors (Lipinski definition) is 3. The third-order valence-corrected chi connectivity index (χ3v) is 5.53. The minimum Gasteiger partial charge on any atom is -0.328 e. The molecular weight excluding hydrogens is 374 g/mol. The zero-order valence-electron chi connectivity index (χ0n) is 15.7. The second kappa shape index (κ2) is 6.91. The number of aromatic amines is 1. The molecule has 0 unspecified atom stereocenters. The van der Waals surface area contributed by atoms with Crippen LogP contribution in [0.3, 0.4) is 0 Å². The fourth-order valence-corrected chi connectivity index (χ4v) is 3.53. The molecule has 1 aliphatic rings. The number of H-pyrrole nitrogens is 1. The van der Waals surface area contributed by atoms with Crippen molar-refractivity contribution >= 4 is 23.3 Å². The molecule has 2 aromatic heterocycles. The molecule has 3 aromatic rings. The van der Waals surface area contributed by atoms with E-state index in [9.17, 15) is 9.59 Å². The number of anilines is 1. The molecule has 0 saturated heterocycles. The highest BCUT2D eigenvalue weighted by atomic mass is 35.5. The second-order valence-corrected chi connectivity index (χ2v) is 7.74. The number of carbonyl (C=O) groups excluding carboxylic acids is 1. The van der Waals surface area contributed by atoms with E-state index in [0.29, 0.717) is 16.4 Å². The molecule has 0 spiro atoms. The summed E-state index contributed by atoms with van der Waals surface area (Å²) in [6, 6.07) is 13.0. The Morgan fingerprint density at radius 2 is 1.82 bits per heavy atom. The van der Waals surface area contributed by atoms with Gasteiger partial charge in [0, 0.05) is 22.3 Å². The Morgan fingerprint density at radius 3 is 2.46 bits per heavy atom. The standard InChI is InChI=1S/C22H20ClN3O2/c1-13-3-8-18(25-19(13)15-11-14(2)20(27)24-12-15)26-21(28)22(9-10-22)16-4-6-17(23)7-5-16/h3-8,11-12H,9-10H2,1-2H3,(H,24,27)(H,25,26,28). The van der Waals surface area contributed by atoms with Gasteiger partial charge >= 0.3 is 0 Å². The van der Waals surface area contributed by atoms with Gasteiger partial charge in [-0.15, -0.1) is 0 Å². The molecule has 0 atom stereocenters. The van der Waals surface area contributed by atoms with Crippen LogP contribution in [0, 0.1) is 13.8 Å². The number of rotatable bonds is 4. The van der Waals surface area contributed by atoms with Crippen molar-refractivity contribution in [2.45, 2.75) is 32.1 Å². The van der Waals surface area contributed by atoms with Gasteiger partial charge in [0.2, 0.25) is 5.91 Å². The van der Waals surface area contributed by atoms with Crippen LogP contribution in [0.25, 0.3) is 11.3 Å². The molecule has 0 bridgehead atoms. The van der Waals surface area contributed by atoms with Gasteiger partial charge in [-0.25, -0.2) is 4.98 Å². The van der Waals surface area contributed by atoms with Crippen LogP contribution in [0.15, 0.2) is 53.5 Å². The number of pyridine rings is 2. The van der Waals surface area contributed by atoms with Crippen molar-refractivity contribution in [2.24, 2.45) is 0 Å². The second-order valence-electron chi connectivity index (χ2n) is 7.31. The molecule has 6 heteroatoms. The first kappa shape index (κ1) is 18.4. The van der Waals surface area contributed by atoms with Gasteiger partial charge in [-0.3, -0.25) is 9.59 Å². The Hall–Kier alpha value is -2.92. The Balaban J connectivity index is 1.62. The largest absolute Gasteiger partial charge is 0.328 e. The number of aromatic nitrogens is 2. The van der Waals surface area contributed by atoms with Crippen LogP contribution in [0.4, 0.5) is 5.82 Å². The van der Waals surface area contributed by atoms with Gasteiger partial charge in [0.15, 0.2) is 0 Å². The van der Waals surface area contributed by atoms with E-state index in [-0.39, 0.29) is 11.5 Å². The number of nitrogens with zero attached hydrogens (tertiary/aromatic N) is 1. The van der Waals surface area contributed by atoms with Crippen LogP contribution in [0.1, 0.15) is 29.5 Å². The lowest BCUT2D eigenvalue weighted by atomic mass is 9.95. The molecule has 2 heterocycles. The summed E-state index contributed by atoms with van der Waals surface area (Å²) >= 11 is 5.97. The molecule has 28 heavy (non-hydrogen) atoms. The van der Waals surface area contributed by atoms with E-state index in [2.05, 4.69) is 15.3 Å². The lowest BCUT2D eigenvalue weighted by molar-refractivity contribution is -0.118. The Kier molecular flexibility index (Phi) is 4.55. The van der Waals surface area contributed by atoms with Gasteiger partial charge in [0.1, 0.15) is 5.82 Å². The molecule has 0 aliphatic heterocycles. The molecule has 1 aliphatic carbocycles. The maximum atomic E-state index is 13.0. The summed E-state index contributed by atoms with van der Waals surface area (Å²) in [7, 11) is 0. The summed E-state index contributed by atoms with van der Waals surface area (Å²) in [6.07, 6.45) is 3.25. The Morgan fingerprint density at radius 1 is 1.11 bits per heavy atom. The molecule has 142 valence electrons. The lowest BCUT2D eigenvalue weighted by Gasteiger charge is -2.16. The smallest absolute Gasteiger partial charge is 0.250 e. The van der Waals surface area contributed by atoms with E-state index >= 15 is 0 Å². The summed E-state index contributed by atoms with van der Waals surface area (Å²) in [4.78, 5) is 32.0. The zero-order valence-corrected chi connectivity index (χ0v) is 16.4. The maximum absolute atomic E-state index is 13.0. The topological polar surface area (TPSA) is 74.8 Å². The summed E-state index contributed by atoms with van der Waals surface area (Å²) in [5, 5.41) is 3.62. The number of halogens is 1. The molecular formula is C22H20ClN3O2. The van der Waals surface area contributed by atoms with E-state index in [4.69, 9.17) is 11.6 Å². The summed E-state index contributed by atoms with van der Waals surface area (Å²) < 4.78 is 0. The monoisotopic (exact) mass is 393 g/mol. The first-order valence-corrected chi connectivity index (χ1v) is 9.52. The lowest BCUT2D eigenvalue weighted by Crippen LogP contribution is -2.28. The SMILES string of the molecule is Cc1ccc(NC(=O)C2(c3ccc(Cl)cc3)CC2)nc1-c1c[nH]c(=O)c(C)c1. The fourth-order valence-electron chi connectivity index (χ4n) is 3.40. The van der Waals surface area contributed by atoms with Crippen molar-refractivity contribution in [1.82, 2.24) is 9.97 Å². The predicted octanol–water partition coefficient (Wildman–Crippen LogP) is 4.38. The van der Waals surface area contributed by atoms with Gasteiger partial charge < -0.3 is 10.3 Å². The third kappa shape index (κ3) is 3.34. The van der Waals surface area contributed by atoms with Crippen molar-refractivity contribution in [2.75, 3.05) is 5.32 Å². The minimum absolute atomic E-state index is 0.0604. The van der Waals surface area contributed by atoms with Gasteiger partial charge in [-0.05, 0) is 62.1 Å². The van der Waals surface area contributed by atoms with Crippen LogP contribution < -0.4 is 10.9 Å². The highest BCUT2D eigenvalue weighted by molar-refractivity contribution is 6.30. The van der Waals surface area contributed by atoms with Crippen LogP contribution >= 0.6 is 11.6 Å². The fraction of sp³-hybridized carbons (Fsp3) is 0.227. The Bertz CT molecular complexity index is 1120. The van der Waals surface area contributed by atoms with Gasteiger partial charge in [0.05, 0.1) is 11.1 Å². The molecule has 1 fully saturated rings. The summed E-state index contributed by atoms with van der Waals surface area (Å²) in [5.74, 6) is 0.435. The van der Waals surface area contributed by atoms with Crippen LogP contribution in [-0.4, -0.2) is 15.9 Å². The van der Waals surface area contributed by atoms with Gasteiger partial charge in [-0.2, -0.15) is 0 Å². The first-order valence-electron chi connectivity index (χ1n) is 9.14. The van der Waals surface area contributed by atoms with Crippen molar-refractivity contribution in [1.29, 1.82) is 0 Å². The number of carbonyl (C=O) groups is 1. The molecule has 2 N–H and O–H groups in total. The summed E-state index contributed by atoms with van der Waals surface area (Å²) in [6.45, 7) is 3.71. The molecule has 1 saturated carbocycles. The Labute approximate surface area is 167 Å². The third-order valence-electron chi connectivity index (χ3n) is 5.28. The number of hydrogen-bond donors (Lipinski definition) is 2. The molecule has 4 rings (SSSR count). The average molecular weight is 394 g/mol. The normalized spacial score (nSPS) is 14.5. The van der Waals surface area contributed by atoms with Crippen LogP contribution in [0.5, 0.6) is 0 Å². The number of nitrogens with one attached hydrogen (secondary N) is 2. The number of aryl methyl sites for hydroxylation is 2. The van der Waals surface area contributed by atoms with E-state index < -0.39 is 5.41 Å². The highest BCUT2D eigenvalue weighted by Gasteiger charge is 2.51. The first-order chi connectivity index (χ1) is 13.4. The van der Waals surface area contributed by atoms with E-state index in [1.54, 1.807) is 25.3 Å². The quantitative estimate of drug-likeness (QED) is 0.690. The van der Waals surface area contributed by atoms with E-state index in [1.165, 1.54) is 0 Å².